The number of nitrogens with zero attached hydrogens (tertiary/aromatic N) is 3. The van der Waals surface area contributed by atoms with Crippen molar-refractivity contribution in [3.8, 4) is 11.4 Å². The van der Waals surface area contributed by atoms with Crippen LogP contribution in [0.25, 0.3) is 11.4 Å². The molecule has 178 valence electrons. The molecular formula is C28H34N4O2. The third-order valence-corrected chi connectivity index (χ3v) is 7.21. The van der Waals surface area contributed by atoms with Crippen molar-refractivity contribution in [2.75, 3.05) is 19.6 Å². The molecule has 1 aliphatic carbocycles. The number of carbonyl (C=O) groups excluding carboxylic acids is 1. The molecule has 2 heterocycles. The summed E-state index contributed by atoms with van der Waals surface area (Å²) in [5, 5.41) is 14.4. The lowest BCUT2D eigenvalue weighted by atomic mass is 10.0. The largest absolute Gasteiger partial charge is 0.391 e. The molecule has 2 aromatic carbocycles. The number of carbonyl (C=O) groups is 1. The Bertz CT molecular complexity index is 1080. The van der Waals surface area contributed by atoms with Crippen LogP contribution in [0.1, 0.15) is 54.2 Å². The molecule has 0 spiro atoms. The van der Waals surface area contributed by atoms with Crippen molar-refractivity contribution >= 4 is 5.91 Å². The summed E-state index contributed by atoms with van der Waals surface area (Å²) in [6, 6.07) is 20.4. The van der Waals surface area contributed by atoms with E-state index in [9.17, 15) is 9.90 Å². The average molecular weight is 459 g/mol. The highest BCUT2D eigenvalue weighted by atomic mass is 16.3. The van der Waals surface area contributed by atoms with E-state index in [2.05, 4.69) is 22.0 Å². The number of hydrogen-bond acceptors (Lipinski definition) is 4. The highest BCUT2D eigenvalue weighted by Crippen LogP contribution is 2.32. The van der Waals surface area contributed by atoms with Crippen LogP contribution in [-0.2, 0) is 6.42 Å². The van der Waals surface area contributed by atoms with Gasteiger partial charge < -0.3 is 19.9 Å². The Kier molecular flexibility index (Phi) is 7.07. The molecule has 1 saturated carbocycles. The van der Waals surface area contributed by atoms with Gasteiger partial charge in [0.2, 0.25) is 0 Å². The summed E-state index contributed by atoms with van der Waals surface area (Å²) in [7, 11) is 0. The zero-order valence-corrected chi connectivity index (χ0v) is 19.6. The second kappa shape index (κ2) is 10.5. The lowest BCUT2D eigenvalue weighted by Gasteiger charge is -2.36. The lowest BCUT2D eigenvalue weighted by Crippen LogP contribution is -2.54. The van der Waals surface area contributed by atoms with Crippen LogP contribution in [0.3, 0.4) is 0 Å². The third-order valence-electron chi connectivity index (χ3n) is 7.21. The molecule has 0 unspecified atom stereocenters. The fraction of sp³-hybridized carbons (Fsp3) is 0.429. The molecular weight excluding hydrogens is 424 g/mol. The smallest absolute Gasteiger partial charge is 0.274 e. The van der Waals surface area contributed by atoms with Gasteiger partial charge in [-0.3, -0.25) is 4.79 Å². The number of piperazine rings is 1. The van der Waals surface area contributed by atoms with Crippen molar-refractivity contribution in [1.29, 1.82) is 0 Å². The second-order valence-corrected chi connectivity index (χ2v) is 9.54. The van der Waals surface area contributed by atoms with E-state index < -0.39 is 6.10 Å². The molecule has 2 aliphatic rings. The Morgan fingerprint density at radius 1 is 1.00 bits per heavy atom. The van der Waals surface area contributed by atoms with Crippen molar-refractivity contribution in [3.63, 3.8) is 0 Å². The van der Waals surface area contributed by atoms with Crippen LogP contribution in [0.15, 0.2) is 66.9 Å². The van der Waals surface area contributed by atoms with Gasteiger partial charge in [-0.1, -0.05) is 79.9 Å². The van der Waals surface area contributed by atoms with Crippen LogP contribution in [-0.4, -0.2) is 57.2 Å². The second-order valence-electron chi connectivity index (χ2n) is 9.54. The van der Waals surface area contributed by atoms with E-state index in [1.54, 1.807) is 0 Å². The molecule has 2 fully saturated rings. The van der Waals surface area contributed by atoms with Crippen LogP contribution in [0.4, 0.5) is 0 Å². The van der Waals surface area contributed by atoms with E-state index in [0.29, 0.717) is 12.2 Å². The van der Waals surface area contributed by atoms with E-state index in [0.717, 1.165) is 63.0 Å². The van der Waals surface area contributed by atoms with E-state index >= 15 is 0 Å². The quantitative estimate of drug-likeness (QED) is 0.566. The fourth-order valence-electron chi connectivity index (χ4n) is 5.39. The molecule has 3 atom stereocenters. The van der Waals surface area contributed by atoms with E-state index in [-0.39, 0.29) is 18.0 Å². The first-order chi connectivity index (χ1) is 16.7. The minimum Gasteiger partial charge on any atom is -0.391 e. The first-order valence-electron chi connectivity index (χ1n) is 12.6. The van der Waals surface area contributed by atoms with Crippen LogP contribution >= 0.6 is 0 Å². The molecule has 3 aromatic rings. The molecule has 5 rings (SSSR count). The number of hydrogen-bond donors (Lipinski definition) is 2. The SMILES string of the molecule is O=C(c1cn([C@H]2CCCCC[C@@H]2O)c(-c2ccccc2)n1)N1CCNC[C@H]1Cc1ccccc1. The maximum absolute atomic E-state index is 13.8. The Hall–Kier alpha value is -2.96. The summed E-state index contributed by atoms with van der Waals surface area (Å²) in [5.41, 5.74) is 2.67. The first-order valence-corrected chi connectivity index (χ1v) is 12.6. The third kappa shape index (κ3) is 4.93. The van der Waals surface area contributed by atoms with Gasteiger partial charge in [-0.05, 0) is 24.8 Å². The van der Waals surface area contributed by atoms with Crippen molar-refractivity contribution in [2.45, 2.75) is 56.7 Å². The summed E-state index contributed by atoms with van der Waals surface area (Å²) in [6.45, 7) is 2.22. The highest BCUT2D eigenvalue weighted by Gasteiger charge is 2.32. The highest BCUT2D eigenvalue weighted by molar-refractivity contribution is 5.93. The molecule has 6 heteroatoms. The number of aliphatic hydroxyl groups excluding tert-OH is 1. The Balaban J connectivity index is 1.47. The predicted molar refractivity (Wildman–Crippen MR) is 134 cm³/mol. The van der Waals surface area contributed by atoms with Crippen LogP contribution < -0.4 is 5.32 Å². The first kappa shape index (κ1) is 22.8. The van der Waals surface area contributed by atoms with E-state index in [1.807, 2.05) is 59.6 Å². The van der Waals surface area contributed by atoms with Gasteiger partial charge in [0.1, 0.15) is 11.5 Å². The molecule has 1 aliphatic heterocycles. The standard InChI is InChI=1S/C28H34N4O2/c33-26-15-9-3-8-14-25(26)32-20-24(30-27(32)22-12-6-2-7-13-22)28(34)31-17-16-29-19-23(31)18-21-10-4-1-5-11-21/h1-2,4-7,10-13,20,23,25-26,29,33H,3,8-9,14-19H2/t23-,25+,26+/m1/s1. The average Bonchev–Trinajstić information content (AvgIpc) is 3.21. The minimum absolute atomic E-state index is 0.0264. The van der Waals surface area contributed by atoms with Gasteiger partial charge in [0.25, 0.3) is 5.91 Å². The van der Waals surface area contributed by atoms with Gasteiger partial charge in [0.05, 0.1) is 12.1 Å². The van der Waals surface area contributed by atoms with Gasteiger partial charge >= 0.3 is 0 Å². The Morgan fingerprint density at radius 2 is 1.74 bits per heavy atom. The van der Waals surface area contributed by atoms with Gasteiger partial charge in [0, 0.05) is 37.4 Å². The number of aromatic nitrogens is 2. The van der Waals surface area contributed by atoms with Crippen molar-refractivity contribution < 1.29 is 9.90 Å². The van der Waals surface area contributed by atoms with E-state index in [1.165, 1.54) is 5.56 Å². The maximum Gasteiger partial charge on any atom is 0.274 e. The van der Waals surface area contributed by atoms with Gasteiger partial charge in [-0.15, -0.1) is 0 Å². The number of imidazole rings is 1. The summed E-state index contributed by atoms with van der Waals surface area (Å²) in [4.78, 5) is 20.6. The van der Waals surface area contributed by atoms with Gasteiger partial charge in [-0.2, -0.15) is 0 Å². The van der Waals surface area contributed by atoms with Gasteiger partial charge in [0.15, 0.2) is 0 Å². The predicted octanol–water partition coefficient (Wildman–Crippen LogP) is 4.07. The monoisotopic (exact) mass is 458 g/mol. The molecule has 1 saturated heterocycles. The molecule has 0 radical (unpaired) electrons. The lowest BCUT2D eigenvalue weighted by molar-refractivity contribution is 0.0629. The number of nitrogens with one attached hydrogen (secondary N) is 1. The number of amides is 1. The Morgan fingerprint density at radius 3 is 2.53 bits per heavy atom. The van der Waals surface area contributed by atoms with Crippen molar-refractivity contribution in [3.05, 3.63) is 78.1 Å². The summed E-state index contributed by atoms with van der Waals surface area (Å²) in [6.07, 6.45) is 7.23. The molecule has 1 aromatic heterocycles. The number of rotatable bonds is 5. The molecule has 2 N–H and O–H groups in total. The van der Waals surface area contributed by atoms with Crippen molar-refractivity contribution in [1.82, 2.24) is 19.8 Å². The van der Waals surface area contributed by atoms with Crippen LogP contribution in [0, 0.1) is 0 Å². The minimum atomic E-state index is -0.424. The Labute approximate surface area is 201 Å². The maximum atomic E-state index is 13.8. The number of aliphatic hydroxyl groups is 1. The van der Waals surface area contributed by atoms with Crippen molar-refractivity contribution in [2.24, 2.45) is 0 Å². The molecule has 6 nitrogen and oxygen atoms in total. The van der Waals surface area contributed by atoms with Crippen LogP contribution in [0.5, 0.6) is 0 Å². The summed E-state index contributed by atoms with van der Waals surface area (Å²) >= 11 is 0. The molecule has 1 amide bonds. The zero-order chi connectivity index (χ0) is 23.3. The van der Waals surface area contributed by atoms with E-state index in [4.69, 9.17) is 4.98 Å². The summed E-state index contributed by atoms with van der Waals surface area (Å²) in [5.74, 6) is 0.742. The fourth-order valence-corrected chi connectivity index (χ4v) is 5.39. The van der Waals surface area contributed by atoms with Gasteiger partial charge in [-0.25, -0.2) is 4.98 Å². The molecule has 0 bridgehead atoms. The summed E-state index contributed by atoms with van der Waals surface area (Å²) < 4.78 is 2.08. The topological polar surface area (TPSA) is 70.4 Å². The zero-order valence-electron chi connectivity index (χ0n) is 19.6. The number of benzene rings is 2. The normalized spacial score (nSPS) is 23.4. The molecule has 34 heavy (non-hydrogen) atoms. The van der Waals surface area contributed by atoms with Crippen LogP contribution in [0.2, 0.25) is 0 Å².